The van der Waals surface area contributed by atoms with Gasteiger partial charge in [0.05, 0.1) is 7.11 Å². The molecule has 0 aliphatic carbocycles. The second-order valence-electron chi connectivity index (χ2n) is 4.51. The molecule has 5 nitrogen and oxygen atoms in total. The minimum Gasteiger partial charge on any atom is -0.475 e. The first-order chi connectivity index (χ1) is 10.0. The third kappa shape index (κ3) is 9.73. The van der Waals surface area contributed by atoms with E-state index in [1.807, 2.05) is 32.1 Å². The number of hydroxylamine groups is 2. The lowest BCUT2D eigenvalue weighted by atomic mass is 10.2. The highest BCUT2D eigenvalue weighted by Gasteiger charge is 2.06. The van der Waals surface area contributed by atoms with Crippen molar-refractivity contribution >= 4 is 5.91 Å². The third-order valence-electron chi connectivity index (χ3n) is 2.85. The number of hydrogen-bond acceptors (Lipinski definition) is 4. The minimum atomic E-state index is -0.0823. The Labute approximate surface area is 128 Å². The van der Waals surface area contributed by atoms with E-state index in [1.54, 1.807) is 0 Å². The van der Waals surface area contributed by atoms with Gasteiger partial charge in [-0.15, -0.1) is 0 Å². The predicted octanol–water partition coefficient (Wildman–Crippen LogP) is 2.78. The number of carbonyl (C=O) groups excluding carboxylic acids is 1. The van der Waals surface area contributed by atoms with Crippen LogP contribution in [0.25, 0.3) is 0 Å². The van der Waals surface area contributed by atoms with E-state index in [-0.39, 0.29) is 5.91 Å². The van der Waals surface area contributed by atoms with Crippen molar-refractivity contribution in [1.29, 1.82) is 0 Å². The molecule has 0 aliphatic rings. The Hall–Kier alpha value is -1.75. The monoisotopic (exact) mass is 296 g/mol. The van der Waals surface area contributed by atoms with E-state index in [1.165, 1.54) is 19.1 Å². The SMILES string of the molecule is C=C(NCCCCN(OC)C(C)=O)OCC(/C=C\C)=C/C. The molecule has 0 unspecified atom stereocenters. The second-order valence-corrected chi connectivity index (χ2v) is 4.51. The molecule has 0 heterocycles. The lowest BCUT2D eigenvalue weighted by molar-refractivity contribution is -0.173. The van der Waals surface area contributed by atoms with Crippen molar-refractivity contribution in [3.8, 4) is 0 Å². The molecule has 21 heavy (non-hydrogen) atoms. The van der Waals surface area contributed by atoms with Gasteiger partial charge >= 0.3 is 0 Å². The molecule has 0 saturated heterocycles. The van der Waals surface area contributed by atoms with E-state index in [0.717, 1.165) is 25.0 Å². The second kappa shape index (κ2) is 12.0. The fraction of sp³-hybridized carbons (Fsp3) is 0.562. The van der Waals surface area contributed by atoms with E-state index in [4.69, 9.17) is 9.57 Å². The zero-order valence-corrected chi connectivity index (χ0v) is 13.6. The number of allylic oxidation sites excluding steroid dienone is 2. The topological polar surface area (TPSA) is 50.8 Å². The number of ether oxygens (including phenoxy) is 1. The summed E-state index contributed by atoms with van der Waals surface area (Å²) in [6.45, 7) is 11.1. The first-order valence-corrected chi connectivity index (χ1v) is 7.20. The number of rotatable bonds is 11. The van der Waals surface area contributed by atoms with Crippen molar-refractivity contribution < 1.29 is 14.4 Å². The molecule has 5 heteroatoms. The maximum atomic E-state index is 11.1. The van der Waals surface area contributed by atoms with Crippen molar-refractivity contribution in [3.05, 3.63) is 36.3 Å². The van der Waals surface area contributed by atoms with Gasteiger partial charge in [0.2, 0.25) is 5.91 Å². The summed E-state index contributed by atoms with van der Waals surface area (Å²) in [5.74, 6) is 0.482. The Morgan fingerprint density at radius 3 is 2.57 bits per heavy atom. The van der Waals surface area contributed by atoms with Gasteiger partial charge in [-0.1, -0.05) is 18.2 Å². The van der Waals surface area contributed by atoms with E-state index < -0.39 is 0 Å². The molecular formula is C16H28N2O3. The lowest BCUT2D eigenvalue weighted by Gasteiger charge is -2.17. The molecule has 1 N–H and O–H groups in total. The van der Waals surface area contributed by atoms with Crippen LogP contribution in [0.1, 0.15) is 33.6 Å². The highest BCUT2D eigenvalue weighted by Crippen LogP contribution is 2.01. The molecule has 120 valence electrons. The zero-order valence-electron chi connectivity index (χ0n) is 13.6. The van der Waals surface area contributed by atoms with E-state index in [9.17, 15) is 4.79 Å². The first-order valence-electron chi connectivity index (χ1n) is 7.20. The molecule has 0 radical (unpaired) electrons. The van der Waals surface area contributed by atoms with E-state index >= 15 is 0 Å². The third-order valence-corrected chi connectivity index (χ3v) is 2.85. The summed E-state index contributed by atoms with van der Waals surface area (Å²) < 4.78 is 5.52. The van der Waals surface area contributed by atoms with Crippen LogP contribution in [0.4, 0.5) is 0 Å². The molecule has 0 aromatic rings. The van der Waals surface area contributed by atoms with Gasteiger partial charge in [-0.3, -0.25) is 9.63 Å². The van der Waals surface area contributed by atoms with E-state index in [0.29, 0.717) is 19.0 Å². The lowest BCUT2D eigenvalue weighted by Crippen LogP contribution is -2.29. The van der Waals surface area contributed by atoms with Crippen molar-refractivity contribution in [2.45, 2.75) is 33.6 Å². The standard InChI is InChI=1S/C16H28N2O3/c1-6-10-16(7-2)13-21-14(3)17-11-8-9-12-18(20-5)15(4)19/h6-7,10,17H,3,8-9,11-13H2,1-2,4-5H3/b10-6-,16-7+. The first kappa shape index (κ1) is 19.2. The van der Waals surface area contributed by atoms with Gasteiger partial charge in [-0.2, -0.15) is 0 Å². The van der Waals surface area contributed by atoms with Crippen LogP contribution in [0.5, 0.6) is 0 Å². The molecule has 0 atom stereocenters. The highest BCUT2D eigenvalue weighted by molar-refractivity contribution is 5.71. The van der Waals surface area contributed by atoms with Crippen LogP contribution in [0, 0.1) is 0 Å². The van der Waals surface area contributed by atoms with Gasteiger partial charge in [-0.25, -0.2) is 5.06 Å². The Morgan fingerprint density at radius 1 is 1.33 bits per heavy atom. The van der Waals surface area contributed by atoms with E-state index in [2.05, 4.69) is 11.9 Å². The number of nitrogens with one attached hydrogen (secondary N) is 1. The summed E-state index contributed by atoms with van der Waals surface area (Å²) in [7, 11) is 1.50. The van der Waals surface area contributed by atoms with Crippen LogP contribution in [-0.2, 0) is 14.4 Å². The summed E-state index contributed by atoms with van der Waals surface area (Å²) >= 11 is 0. The molecule has 0 bridgehead atoms. The number of hydrogen-bond donors (Lipinski definition) is 1. The van der Waals surface area contributed by atoms with Crippen LogP contribution >= 0.6 is 0 Å². The summed E-state index contributed by atoms with van der Waals surface area (Å²) in [6.07, 6.45) is 7.75. The molecule has 0 fully saturated rings. The Kier molecular flexibility index (Phi) is 11.0. The van der Waals surface area contributed by atoms with Gasteiger partial charge in [0.1, 0.15) is 6.61 Å². The number of unbranched alkanes of at least 4 members (excludes halogenated alkanes) is 1. The largest absolute Gasteiger partial charge is 0.475 e. The molecule has 0 saturated carbocycles. The van der Waals surface area contributed by atoms with Gasteiger partial charge in [0.15, 0.2) is 5.88 Å². The fourth-order valence-corrected chi connectivity index (χ4v) is 1.65. The fourth-order valence-electron chi connectivity index (χ4n) is 1.65. The summed E-state index contributed by atoms with van der Waals surface area (Å²) in [5.41, 5.74) is 1.11. The molecule has 0 aliphatic heterocycles. The van der Waals surface area contributed by atoms with Gasteiger partial charge < -0.3 is 10.1 Å². The Morgan fingerprint density at radius 2 is 2.05 bits per heavy atom. The number of carbonyl (C=O) groups is 1. The Bertz CT molecular complexity index is 376. The smallest absolute Gasteiger partial charge is 0.242 e. The average molecular weight is 296 g/mol. The van der Waals surface area contributed by atoms with Crippen LogP contribution in [-0.4, -0.2) is 37.8 Å². The Balaban J connectivity index is 3.73. The molecule has 0 rings (SSSR count). The molecule has 0 aromatic heterocycles. The average Bonchev–Trinajstić information content (AvgIpc) is 2.46. The molecule has 0 spiro atoms. The highest BCUT2D eigenvalue weighted by atomic mass is 16.7. The molecule has 1 amide bonds. The minimum absolute atomic E-state index is 0.0823. The normalized spacial score (nSPS) is 11.5. The van der Waals surface area contributed by atoms with Crippen LogP contribution < -0.4 is 5.32 Å². The van der Waals surface area contributed by atoms with Gasteiger partial charge in [0.25, 0.3) is 0 Å². The van der Waals surface area contributed by atoms with Crippen molar-refractivity contribution in [2.24, 2.45) is 0 Å². The van der Waals surface area contributed by atoms with Crippen molar-refractivity contribution in [2.75, 3.05) is 26.8 Å². The summed E-state index contributed by atoms with van der Waals surface area (Å²) in [5, 5.41) is 4.46. The quantitative estimate of drug-likeness (QED) is 0.276. The van der Waals surface area contributed by atoms with Crippen LogP contribution in [0.3, 0.4) is 0 Å². The maximum absolute atomic E-state index is 11.1. The van der Waals surface area contributed by atoms with Crippen LogP contribution in [0.2, 0.25) is 0 Å². The number of nitrogens with zero attached hydrogens (tertiary/aromatic N) is 1. The zero-order chi connectivity index (χ0) is 16.1. The summed E-state index contributed by atoms with van der Waals surface area (Å²) in [4.78, 5) is 16.1. The predicted molar refractivity (Wildman–Crippen MR) is 85.3 cm³/mol. The maximum Gasteiger partial charge on any atom is 0.242 e. The molecular weight excluding hydrogens is 268 g/mol. The summed E-state index contributed by atoms with van der Waals surface area (Å²) in [6, 6.07) is 0. The number of amides is 1. The van der Waals surface area contributed by atoms with Crippen molar-refractivity contribution in [3.63, 3.8) is 0 Å². The van der Waals surface area contributed by atoms with Crippen LogP contribution in [0.15, 0.2) is 36.3 Å². The van der Waals surface area contributed by atoms with Gasteiger partial charge in [-0.05, 0) is 38.8 Å². The van der Waals surface area contributed by atoms with Gasteiger partial charge in [0, 0.05) is 20.0 Å². The molecule has 0 aromatic carbocycles. The van der Waals surface area contributed by atoms with Crippen molar-refractivity contribution in [1.82, 2.24) is 10.4 Å².